The minimum absolute atomic E-state index is 0.0508. The van der Waals surface area contributed by atoms with E-state index in [2.05, 4.69) is 36.9 Å². The minimum atomic E-state index is -5.73. The maximum Gasteiger partial charge on any atom is 0.434 e. The van der Waals surface area contributed by atoms with Crippen LogP contribution in [0.15, 0.2) is 36.4 Å². The number of piperazine rings is 2. The summed E-state index contributed by atoms with van der Waals surface area (Å²) in [5.74, 6) is 0. The summed E-state index contributed by atoms with van der Waals surface area (Å²) in [6.45, 7) is 10.5. The van der Waals surface area contributed by atoms with Crippen LogP contribution in [-0.4, -0.2) is 141 Å². The molecule has 0 aromatic heterocycles. The molecule has 0 saturated carbocycles. The van der Waals surface area contributed by atoms with E-state index in [1.165, 1.54) is 37.2 Å². The van der Waals surface area contributed by atoms with E-state index in [1.807, 2.05) is 23.1 Å². The van der Waals surface area contributed by atoms with Crippen molar-refractivity contribution in [3.05, 3.63) is 57.6 Å². The molecular formula is C37H46Cl2F12N6O3. The van der Waals surface area contributed by atoms with E-state index in [4.69, 9.17) is 28.3 Å². The molecule has 4 saturated heterocycles. The first kappa shape index (κ1) is 49.5. The molecule has 4 aliphatic heterocycles. The molecule has 4 heterocycles. The van der Waals surface area contributed by atoms with Crippen molar-refractivity contribution in [2.24, 2.45) is 0 Å². The van der Waals surface area contributed by atoms with Gasteiger partial charge in [-0.3, -0.25) is 9.80 Å². The number of nitrogens with one attached hydrogen (secondary N) is 1. The summed E-state index contributed by atoms with van der Waals surface area (Å²) in [6, 6.07) is 12.0. The van der Waals surface area contributed by atoms with Crippen molar-refractivity contribution in [3.8, 4) is 0 Å². The lowest BCUT2D eigenvalue weighted by molar-refractivity contribution is -0.309. The van der Waals surface area contributed by atoms with Crippen LogP contribution >= 0.6 is 23.2 Å². The van der Waals surface area contributed by atoms with Crippen LogP contribution in [0.1, 0.15) is 36.8 Å². The zero-order valence-electron chi connectivity index (χ0n) is 32.1. The normalized spacial score (nSPS) is 18.7. The zero-order chi connectivity index (χ0) is 44.5. The summed E-state index contributed by atoms with van der Waals surface area (Å²) in [4.78, 5) is 21.9. The first-order valence-electron chi connectivity index (χ1n) is 19.1. The van der Waals surface area contributed by atoms with Crippen LogP contribution in [-0.2, 0) is 17.8 Å². The number of hydrogen-bond donors (Lipinski definition) is 2. The Morgan fingerprint density at radius 1 is 0.600 bits per heavy atom. The van der Waals surface area contributed by atoms with Crippen molar-refractivity contribution in [2.75, 3.05) is 88.3 Å². The number of aliphatic hydroxyl groups excluding tert-OH is 1. The summed E-state index contributed by atoms with van der Waals surface area (Å²) < 4.78 is 145. The number of carbonyl (C=O) groups excluding carboxylic acids is 1. The average Bonchev–Trinajstić information content (AvgIpc) is 3.91. The Balaban J connectivity index is 0.000000231. The largest absolute Gasteiger partial charge is 0.434 e. The number of halogens is 14. The lowest BCUT2D eigenvalue weighted by Gasteiger charge is -2.36. The third kappa shape index (κ3) is 14.5. The van der Waals surface area contributed by atoms with Gasteiger partial charge in [0.2, 0.25) is 6.10 Å². The Morgan fingerprint density at radius 3 is 1.33 bits per heavy atom. The number of rotatable bonds is 7. The van der Waals surface area contributed by atoms with E-state index in [1.54, 1.807) is 6.07 Å². The van der Waals surface area contributed by atoms with Gasteiger partial charge in [-0.05, 0) is 49.9 Å². The quantitative estimate of drug-likeness (QED) is 0.268. The first-order chi connectivity index (χ1) is 28.0. The highest BCUT2D eigenvalue weighted by atomic mass is 35.5. The van der Waals surface area contributed by atoms with Crippen molar-refractivity contribution in [3.63, 3.8) is 0 Å². The lowest BCUT2D eigenvalue weighted by Crippen LogP contribution is -2.52. The molecule has 0 spiro atoms. The number of anilines is 2. The lowest BCUT2D eigenvalue weighted by atomic mass is 10.1. The number of carbonyl (C=O) groups is 1. The van der Waals surface area contributed by atoms with E-state index in [-0.39, 0.29) is 26.2 Å². The van der Waals surface area contributed by atoms with Gasteiger partial charge in [0.05, 0.1) is 0 Å². The third-order valence-corrected chi connectivity index (χ3v) is 10.8. The SMILES string of the molecule is Clc1cccc(N2CCCC2)c1CN1CCNCC1.O=C(OC(C(F)(F)F)C(F)(F)F)N1CCN(Cc2c(Cl)cccc2N2CCCC2)CC1.OC(C(F)(F)F)C(F)(F)F. The van der Waals surface area contributed by atoms with Crippen LogP contribution in [0.25, 0.3) is 0 Å². The molecule has 2 aromatic rings. The van der Waals surface area contributed by atoms with Crippen LogP contribution in [0.3, 0.4) is 0 Å². The standard InChI is InChI=1S/C19H22ClF6N3O2.C15H22ClN3.C3H2F6O/c20-14-4-3-5-15(28-6-1-2-7-28)13(14)12-27-8-10-29(11-9-27)17(30)31-16(18(21,22)23)19(24,25)26;16-14-4-3-5-15(19-8-1-2-9-19)13(14)12-18-10-6-17-7-11-18;4-2(5,6)1(10)3(7,8)9/h3-5,16H,1-2,6-12H2;3-5,17H,1-2,6-12H2;1,10H. The van der Waals surface area contributed by atoms with E-state index < -0.39 is 43.0 Å². The van der Waals surface area contributed by atoms with Gasteiger partial charge >= 0.3 is 30.8 Å². The van der Waals surface area contributed by atoms with Gasteiger partial charge in [-0.25, -0.2) is 4.79 Å². The Labute approximate surface area is 349 Å². The second-order valence-corrected chi connectivity index (χ2v) is 15.3. The molecule has 9 nitrogen and oxygen atoms in total. The monoisotopic (exact) mass is 920 g/mol. The van der Waals surface area contributed by atoms with Gasteiger partial charge in [-0.2, -0.15) is 52.7 Å². The van der Waals surface area contributed by atoms with Crippen molar-refractivity contribution >= 4 is 40.7 Å². The Morgan fingerprint density at radius 2 is 0.983 bits per heavy atom. The molecule has 4 fully saturated rings. The molecule has 2 aromatic carbocycles. The maximum absolute atomic E-state index is 12.6. The second-order valence-electron chi connectivity index (χ2n) is 14.5. The molecule has 6 rings (SSSR count). The summed E-state index contributed by atoms with van der Waals surface area (Å²) >= 11 is 12.9. The Hall–Kier alpha value is -3.11. The van der Waals surface area contributed by atoms with Gasteiger partial charge in [0.25, 0.3) is 6.10 Å². The van der Waals surface area contributed by atoms with Gasteiger partial charge in [0, 0.05) is 124 Å². The van der Waals surface area contributed by atoms with Gasteiger partial charge in [-0.1, -0.05) is 35.3 Å². The fourth-order valence-electron chi connectivity index (χ4n) is 7.00. The van der Waals surface area contributed by atoms with Gasteiger partial charge in [-0.15, -0.1) is 0 Å². The number of nitrogens with zero attached hydrogens (tertiary/aromatic N) is 5. The van der Waals surface area contributed by atoms with E-state index in [0.29, 0.717) is 11.6 Å². The van der Waals surface area contributed by atoms with Crippen LogP contribution in [0.5, 0.6) is 0 Å². The van der Waals surface area contributed by atoms with Crippen molar-refractivity contribution in [2.45, 2.75) is 75.7 Å². The van der Waals surface area contributed by atoms with Gasteiger partial charge < -0.3 is 29.9 Å². The van der Waals surface area contributed by atoms with Crippen molar-refractivity contribution < 1.29 is 67.3 Å². The second kappa shape index (κ2) is 21.3. The summed E-state index contributed by atoms with van der Waals surface area (Å²) in [5.41, 5.74) is 4.60. The van der Waals surface area contributed by atoms with Crippen LogP contribution in [0.2, 0.25) is 10.0 Å². The highest BCUT2D eigenvalue weighted by molar-refractivity contribution is 6.32. The molecule has 340 valence electrons. The Kier molecular flexibility index (Phi) is 17.6. The van der Waals surface area contributed by atoms with Crippen molar-refractivity contribution in [1.82, 2.24) is 20.0 Å². The molecule has 60 heavy (non-hydrogen) atoms. The summed E-state index contributed by atoms with van der Waals surface area (Å²) in [7, 11) is 0. The third-order valence-electron chi connectivity index (χ3n) is 10.1. The van der Waals surface area contributed by atoms with Crippen molar-refractivity contribution in [1.29, 1.82) is 0 Å². The highest BCUT2D eigenvalue weighted by Crippen LogP contribution is 2.37. The first-order valence-corrected chi connectivity index (χ1v) is 19.8. The average molecular weight is 922 g/mol. The molecule has 2 N–H and O–H groups in total. The molecule has 1 amide bonds. The highest BCUT2D eigenvalue weighted by Gasteiger charge is 2.60. The molecule has 0 bridgehead atoms. The molecule has 0 radical (unpaired) electrons. The number of benzene rings is 2. The summed E-state index contributed by atoms with van der Waals surface area (Å²) in [5, 5.41) is 12.4. The summed E-state index contributed by atoms with van der Waals surface area (Å²) in [6.07, 6.45) is -27.9. The molecule has 4 aliphatic rings. The van der Waals surface area contributed by atoms with Crippen LogP contribution < -0.4 is 15.1 Å². The molecule has 0 aliphatic carbocycles. The van der Waals surface area contributed by atoms with E-state index in [0.717, 1.165) is 79.8 Å². The topological polar surface area (TPSA) is 74.8 Å². The number of hydrogen-bond acceptors (Lipinski definition) is 8. The number of aliphatic hydroxyl groups is 1. The predicted molar refractivity (Wildman–Crippen MR) is 201 cm³/mol. The molecule has 0 atom stereocenters. The van der Waals surface area contributed by atoms with Crippen LogP contribution in [0.4, 0.5) is 68.9 Å². The van der Waals surface area contributed by atoms with Gasteiger partial charge in [0.15, 0.2) is 0 Å². The minimum Gasteiger partial charge on any atom is -0.426 e. The predicted octanol–water partition coefficient (Wildman–Crippen LogP) is 8.50. The number of alkyl halides is 12. The number of ether oxygens (including phenoxy) is 1. The zero-order valence-corrected chi connectivity index (χ0v) is 33.6. The molecule has 0 unspecified atom stereocenters. The smallest absolute Gasteiger partial charge is 0.426 e. The molecule has 23 heteroatoms. The Bertz CT molecular complexity index is 1630. The number of amides is 1. The van der Waals surface area contributed by atoms with E-state index >= 15 is 0 Å². The fraction of sp³-hybridized carbons (Fsp3) is 0.649. The molecular weight excluding hydrogens is 875 g/mol. The fourth-order valence-corrected chi connectivity index (χ4v) is 7.46. The van der Waals surface area contributed by atoms with E-state index in [9.17, 15) is 57.5 Å². The van der Waals surface area contributed by atoms with Gasteiger partial charge in [0.1, 0.15) is 0 Å². The maximum atomic E-state index is 12.6. The van der Waals surface area contributed by atoms with Crippen LogP contribution in [0, 0.1) is 0 Å².